The van der Waals surface area contributed by atoms with Crippen LogP contribution in [0.4, 0.5) is 10.1 Å². The molecular formula is C13H10ClFN2O2. The summed E-state index contributed by atoms with van der Waals surface area (Å²) in [4.78, 5) is 15.3. The van der Waals surface area contributed by atoms with Crippen LogP contribution < -0.4 is 10.1 Å². The summed E-state index contributed by atoms with van der Waals surface area (Å²) in [6.07, 6.45) is 0. The smallest absolute Gasteiger partial charge is 0.274 e. The molecule has 98 valence electrons. The third kappa shape index (κ3) is 3.20. The molecule has 1 N–H and O–H groups in total. The van der Waals surface area contributed by atoms with E-state index in [-0.39, 0.29) is 5.69 Å². The molecule has 6 heteroatoms. The number of ether oxygens (including phenoxy) is 1. The Kier molecular flexibility index (Phi) is 3.97. The fourth-order valence-electron chi connectivity index (χ4n) is 1.47. The maximum absolute atomic E-state index is 12.9. The minimum absolute atomic E-state index is 0.00563. The number of amides is 1. The molecule has 0 aliphatic rings. The Morgan fingerprint density at radius 1 is 1.37 bits per heavy atom. The van der Waals surface area contributed by atoms with E-state index in [1.54, 1.807) is 18.2 Å². The van der Waals surface area contributed by atoms with Crippen LogP contribution in [0.3, 0.4) is 0 Å². The number of methoxy groups -OCH3 is 1. The second-order valence-corrected chi connectivity index (χ2v) is 4.06. The van der Waals surface area contributed by atoms with Crippen molar-refractivity contribution in [2.24, 2.45) is 0 Å². The molecule has 1 amide bonds. The molecule has 1 heterocycles. The zero-order valence-electron chi connectivity index (χ0n) is 9.98. The van der Waals surface area contributed by atoms with Crippen LogP contribution in [-0.4, -0.2) is 18.0 Å². The first-order valence-corrected chi connectivity index (χ1v) is 5.75. The molecule has 0 saturated heterocycles. The van der Waals surface area contributed by atoms with Gasteiger partial charge in [0.1, 0.15) is 11.4 Å². The summed E-state index contributed by atoms with van der Waals surface area (Å²) in [6, 6.07) is 8.78. The van der Waals surface area contributed by atoms with E-state index < -0.39 is 11.9 Å². The minimum Gasteiger partial charge on any atom is -0.495 e. The monoisotopic (exact) mass is 280 g/mol. The third-order valence-corrected chi connectivity index (χ3v) is 2.67. The lowest BCUT2D eigenvalue weighted by atomic mass is 10.2. The number of halogens is 2. The second-order valence-electron chi connectivity index (χ2n) is 3.65. The van der Waals surface area contributed by atoms with Crippen LogP contribution in [0.25, 0.3) is 0 Å². The summed E-state index contributed by atoms with van der Waals surface area (Å²) in [5.74, 6) is -0.781. The van der Waals surface area contributed by atoms with Crippen molar-refractivity contribution < 1.29 is 13.9 Å². The Morgan fingerprint density at radius 2 is 2.16 bits per heavy atom. The van der Waals surface area contributed by atoms with Gasteiger partial charge in [-0.1, -0.05) is 17.7 Å². The van der Waals surface area contributed by atoms with Crippen molar-refractivity contribution in [3.8, 4) is 5.75 Å². The molecule has 19 heavy (non-hydrogen) atoms. The van der Waals surface area contributed by atoms with Gasteiger partial charge in [0.25, 0.3) is 5.91 Å². The summed E-state index contributed by atoms with van der Waals surface area (Å²) in [5.41, 5.74) is 0.478. The number of carbonyl (C=O) groups excluding carboxylic acids is 1. The predicted octanol–water partition coefficient (Wildman–Crippen LogP) is 3.14. The van der Waals surface area contributed by atoms with Gasteiger partial charge in [0.05, 0.1) is 12.1 Å². The molecule has 1 aromatic carbocycles. The summed E-state index contributed by atoms with van der Waals surface area (Å²) in [7, 11) is 1.47. The molecule has 0 atom stereocenters. The van der Waals surface area contributed by atoms with Crippen molar-refractivity contribution in [3.05, 3.63) is 53.1 Å². The van der Waals surface area contributed by atoms with E-state index in [1.807, 2.05) is 0 Å². The number of aromatic nitrogens is 1. The lowest BCUT2D eigenvalue weighted by Gasteiger charge is -2.08. The SMILES string of the molecule is COc1cc(NC(=O)c2cccc(F)n2)ccc1Cl. The topological polar surface area (TPSA) is 51.2 Å². The van der Waals surface area contributed by atoms with E-state index >= 15 is 0 Å². The number of hydrogen-bond donors (Lipinski definition) is 1. The van der Waals surface area contributed by atoms with Crippen molar-refractivity contribution in [1.82, 2.24) is 4.98 Å². The molecule has 0 aliphatic heterocycles. The highest BCUT2D eigenvalue weighted by Gasteiger charge is 2.10. The second kappa shape index (κ2) is 5.67. The molecule has 2 rings (SSSR count). The quantitative estimate of drug-likeness (QED) is 0.879. The standard InChI is InChI=1S/C13H10ClFN2O2/c1-19-11-7-8(5-6-9(11)14)16-13(18)10-3-2-4-12(15)17-10/h2-7H,1H3,(H,16,18). The van der Waals surface area contributed by atoms with Crippen molar-refractivity contribution in [1.29, 1.82) is 0 Å². The molecule has 0 bridgehead atoms. The van der Waals surface area contributed by atoms with Crippen molar-refractivity contribution in [2.45, 2.75) is 0 Å². The van der Waals surface area contributed by atoms with E-state index in [2.05, 4.69) is 10.3 Å². The lowest BCUT2D eigenvalue weighted by molar-refractivity contribution is 0.102. The van der Waals surface area contributed by atoms with Gasteiger partial charge in [-0.3, -0.25) is 4.79 Å². The largest absolute Gasteiger partial charge is 0.495 e. The van der Waals surface area contributed by atoms with E-state index in [9.17, 15) is 9.18 Å². The number of pyridine rings is 1. The number of carbonyl (C=O) groups is 1. The summed E-state index contributed by atoms with van der Waals surface area (Å²) < 4.78 is 17.9. The molecule has 0 fully saturated rings. The Bertz CT molecular complexity index is 619. The van der Waals surface area contributed by atoms with Crippen LogP contribution in [0.1, 0.15) is 10.5 Å². The summed E-state index contributed by atoms with van der Waals surface area (Å²) in [5, 5.41) is 3.02. The number of benzene rings is 1. The van der Waals surface area contributed by atoms with Crippen LogP contribution in [0.15, 0.2) is 36.4 Å². The Balaban J connectivity index is 2.19. The van der Waals surface area contributed by atoms with Gasteiger partial charge in [0.15, 0.2) is 0 Å². The Morgan fingerprint density at radius 3 is 2.84 bits per heavy atom. The first-order chi connectivity index (χ1) is 9.10. The van der Waals surface area contributed by atoms with E-state index in [0.29, 0.717) is 16.5 Å². The van der Waals surface area contributed by atoms with Gasteiger partial charge in [-0.2, -0.15) is 4.39 Å². The first kappa shape index (κ1) is 13.3. The summed E-state index contributed by atoms with van der Waals surface area (Å²) in [6.45, 7) is 0. The maximum Gasteiger partial charge on any atom is 0.274 e. The molecule has 2 aromatic rings. The van der Waals surface area contributed by atoms with Gasteiger partial charge in [-0.15, -0.1) is 0 Å². The maximum atomic E-state index is 12.9. The lowest BCUT2D eigenvalue weighted by Crippen LogP contribution is -2.14. The van der Waals surface area contributed by atoms with Crippen LogP contribution in [0.5, 0.6) is 5.75 Å². The Labute approximate surface area is 114 Å². The molecule has 0 spiro atoms. The van der Waals surface area contributed by atoms with Gasteiger partial charge in [-0.05, 0) is 24.3 Å². The number of hydrogen-bond acceptors (Lipinski definition) is 3. The zero-order valence-corrected chi connectivity index (χ0v) is 10.7. The van der Waals surface area contributed by atoms with Gasteiger partial charge >= 0.3 is 0 Å². The fraction of sp³-hybridized carbons (Fsp3) is 0.0769. The molecule has 4 nitrogen and oxygen atoms in total. The van der Waals surface area contributed by atoms with E-state index in [4.69, 9.17) is 16.3 Å². The van der Waals surface area contributed by atoms with E-state index in [0.717, 1.165) is 0 Å². The van der Waals surface area contributed by atoms with Crippen LogP contribution in [0.2, 0.25) is 5.02 Å². The average Bonchev–Trinajstić information content (AvgIpc) is 2.41. The number of rotatable bonds is 3. The fourth-order valence-corrected chi connectivity index (χ4v) is 1.66. The Hall–Kier alpha value is -2.14. The predicted molar refractivity (Wildman–Crippen MR) is 70.2 cm³/mol. The first-order valence-electron chi connectivity index (χ1n) is 5.37. The molecule has 0 aliphatic carbocycles. The molecule has 1 aromatic heterocycles. The van der Waals surface area contributed by atoms with E-state index in [1.165, 1.54) is 25.3 Å². The normalized spacial score (nSPS) is 10.1. The van der Waals surface area contributed by atoms with Crippen LogP contribution >= 0.6 is 11.6 Å². The van der Waals surface area contributed by atoms with Crippen LogP contribution in [-0.2, 0) is 0 Å². The molecule has 0 saturated carbocycles. The molecule has 0 unspecified atom stereocenters. The number of nitrogens with zero attached hydrogens (tertiary/aromatic N) is 1. The number of nitrogens with one attached hydrogen (secondary N) is 1. The third-order valence-electron chi connectivity index (χ3n) is 2.36. The van der Waals surface area contributed by atoms with Gasteiger partial charge < -0.3 is 10.1 Å². The van der Waals surface area contributed by atoms with Crippen molar-refractivity contribution in [3.63, 3.8) is 0 Å². The zero-order chi connectivity index (χ0) is 13.8. The van der Waals surface area contributed by atoms with Crippen molar-refractivity contribution in [2.75, 3.05) is 12.4 Å². The highest BCUT2D eigenvalue weighted by molar-refractivity contribution is 6.32. The van der Waals surface area contributed by atoms with Crippen molar-refractivity contribution >= 4 is 23.2 Å². The average molecular weight is 281 g/mol. The number of anilines is 1. The molecular weight excluding hydrogens is 271 g/mol. The minimum atomic E-state index is -0.707. The molecule has 0 radical (unpaired) electrons. The summed E-state index contributed by atoms with van der Waals surface area (Å²) >= 11 is 5.87. The van der Waals surface area contributed by atoms with Gasteiger partial charge in [-0.25, -0.2) is 4.98 Å². The van der Waals surface area contributed by atoms with Gasteiger partial charge in [0.2, 0.25) is 5.95 Å². The van der Waals surface area contributed by atoms with Crippen LogP contribution in [0, 0.1) is 5.95 Å². The highest BCUT2D eigenvalue weighted by atomic mass is 35.5. The van der Waals surface area contributed by atoms with Gasteiger partial charge in [0, 0.05) is 11.8 Å². The highest BCUT2D eigenvalue weighted by Crippen LogP contribution is 2.27.